The SMILES string of the molecule is C=C.C=C(/C=C1\C(=C)C(=C)/C(=C\C)C1(C)C)Nc1ccc(-c2ccc3ccc4ccccc4c3c2)cc1. The number of allylic oxidation sites excluding steroid dienone is 6. The van der Waals surface area contributed by atoms with Crippen molar-refractivity contribution < 1.29 is 0 Å². The molecule has 4 aromatic rings. The minimum atomic E-state index is -0.127. The van der Waals surface area contributed by atoms with Crippen molar-refractivity contribution in [2.45, 2.75) is 20.8 Å². The van der Waals surface area contributed by atoms with Gasteiger partial charge in [0, 0.05) is 16.8 Å². The van der Waals surface area contributed by atoms with Crippen LogP contribution in [0.4, 0.5) is 5.69 Å². The standard InChI is InChI=1S/C34H31N.C2H4/c1-7-32-23(3)24(4)33(34(32,5)6)20-22(2)35-29-18-16-25(17-19-29)28-15-14-27-13-12-26-10-8-9-11-30(26)31(27)21-28;1-2/h7-21,35H,2-4H2,1,5-6H3;1-2H2/b32-7+,33-20+;. The number of anilines is 1. The van der Waals surface area contributed by atoms with Crippen molar-refractivity contribution in [2.75, 3.05) is 5.32 Å². The molecule has 1 fully saturated rings. The first-order valence-corrected chi connectivity index (χ1v) is 12.6. The molecule has 4 aromatic carbocycles. The monoisotopic (exact) mass is 481 g/mol. The second-order valence-corrected chi connectivity index (χ2v) is 9.79. The van der Waals surface area contributed by atoms with Gasteiger partial charge >= 0.3 is 0 Å². The van der Waals surface area contributed by atoms with Crippen LogP contribution in [0, 0.1) is 5.41 Å². The van der Waals surface area contributed by atoms with E-state index >= 15 is 0 Å². The molecule has 1 nitrogen and oxygen atoms in total. The summed E-state index contributed by atoms with van der Waals surface area (Å²) in [5.41, 5.74) is 8.52. The van der Waals surface area contributed by atoms with Gasteiger partial charge in [-0.3, -0.25) is 0 Å². The highest BCUT2D eigenvalue weighted by Gasteiger charge is 2.38. The number of rotatable bonds is 4. The minimum absolute atomic E-state index is 0.127. The molecule has 1 saturated carbocycles. The zero-order valence-electron chi connectivity index (χ0n) is 22.2. The molecule has 0 atom stereocenters. The normalized spacial score (nSPS) is 16.7. The Hall–Kier alpha value is -4.36. The third kappa shape index (κ3) is 4.73. The van der Waals surface area contributed by atoms with Crippen molar-refractivity contribution in [3.63, 3.8) is 0 Å². The van der Waals surface area contributed by atoms with Gasteiger partial charge in [0.2, 0.25) is 0 Å². The van der Waals surface area contributed by atoms with Crippen molar-refractivity contribution in [3.05, 3.63) is 152 Å². The van der Waals surface area contributed by atoms with E-state index in [1.54, 1.807) is 0 Å². The summed E-state index contributed by atoms with van der Waals surface area (Å²) >= 11 is 0. The van der Waals surface area contributed by atoms with Crippen molar-refractivity contribution in [1.29, 1.82) is 0 Å². The van der Waals surface area contributed by atoms with Gasteiger partial charge in [-0.25, -0.2) is 0 Å². The average Bonchev–Trinajstić information content (AvgIpc) is 3.08. The van der Waals surface area contributed by atoms with Crippen LogP contribution in [0.1, 0.15) is 20.8 Å². The Morgan fingerprint density at radius 1 is 0.730 bits per heavy atom. The summed E-state index contributed by atoms with van der Waals surface area (Å²) in [5, 5.41) is 8.54. The van der Waals surface area contributed by atoms with Gasteiger partial charge in [0.15, 0.2) is 0 Å². The fraction of sp³-hybridized carbons (Fsp3) is 0.111. The van der Waals surface area contributed by atoms with Gasteiger partial charge in [-0.1, -0.05) is 100 Å². The van der Waals surface area contributed by atoms with E-state index in [0.29, 0.717) is 0 Å². The molecule has 0 saturated heterocycles. The van der Waals surface area contributed by atoms with Gasteiger partial charge < -0.3 is 5.32 Å². The number of nitrogens with one attached hydrogen (secondary N) is 1. The van der Waals surface area contributed by atoms with Crippen LogP contribution in [0.2, 0.25) is 0 Å². The van der Waals surface area contributed by atoms with Gasteiger partial charge in [0.05, 0.1) is 0 Å². The Balaban J connectivity index is 0.00000156. The van der Waals surface area contributed by atoms with Crippen molar-refractivity contribution in [3.8, 4) is 11.1 Å². The van der Waals surface area contributed by atoms with E-state index in [1.165, 1.54) is 38.2 Å². The highest BCUT2D eigenvalue weighted by Crippen LogP contribution is 2.52. The maximum absolute atomic E-state index is 4.28. The second-order valence-electron chi connectivity index (χ2n) is 9.79. The minimum Gasteiger partial charge on any atom is -0.356 e. The predicted molar refractivity (Wildman–Crippen MR) is 165 cm³/mol. The fourth-order valence-corrected chi connectivity index (χ4v) is 5.35. The van der Waals surface area contributed by atoms with Gasteiger partial charge in [-0.2, -0.15) is 0 Å². The molecule has 0 heterocycles. The van der Waals surface area contributed by atoms with E-state index in [-0.39, 0.29) is 5.41 Å². The van der Waals surface area contributed by atoms with Crippen LogP contribution in [-0.2, 0) is 0 Å². The molecule has 37 heavy (non-hydrogen) atoms. The molecule has 184 valence electrons. The lowest BCUT2D eigenvalue weighted by atomic mass is 9.82. The number of benzene rings is 4. The summed E-state index contributed by atoms with van der Waals surface area (Å²) in [7, 11) is 0. The molecule has 1 N–H and O–H groups in total. The third-order valence-corrected chi connectivity index (χ3v) is 7.24. The maximum Gasteiger partial charge on any atom is 0.0384 e. The molecule has 1 aliphatic carbocycles. The van der Waals surface area contributed by atoms with Gasteiger partial charge in [-0.05, 0) is 86.2 Å². The zero-order valence-corrected chi connectivity index (χ0v) is 22.2. The average molecular weight is 482 g/mol. The van der Waals surface area contributed by atoms with Gasteiger partial charge in [0.25, 0.3) is 0 Å². The van der Waals surface area contributed by atoms with Crippen molar-refractivity contribution in [2.24, 2.45) is 5.41 Å². The Morgan fingerprint density at radius 2 is 1.30 bits per heavy atom. The molecule has 0 amide bonds. The Morgan fingerprint density at radius 3 is 1.95 bits per heavy atom. The van der Waals surface area contributed by atoms with Gasteiger partial charge in [-0.15, -0.1) is 13.2 Å². The summed E-state index contributed by atoms with van der Waals surface area (Å²) < 4.78 is 0. The van der Waals surface area contributed by atoms with Crippen LogP contribution in [0.25, 0.3) is 32.7 Å². The summed E-state index contributed by atoms with van der Waals surface area (Å²) in [4.78, 5) is 0. The maximum atomic E-state index is 4.28. The van der Waals surface area contributed by atoms with Crippen LogP contribution < -0.4 is 5.32 Å². The summed E-state index contributed by atoms with van der Waals surface area (Å²) in [6.45, 7) is 25.3. The van der Waals surface area contributed by atoms with E-state index in [9.17, 15) is 0 Å². The topological polar surface area (TPSA) is 12.0 Å². The molecule has 0 aromatic heterocycles. The van der Waals surface area contributed by atoms with E-state index in [1.807, 2.05) is 0 Å². The third-order valence-electron chi connectivity index (χ3n) is 7.24. The molecule has 1 heteroatoms. The van der Waals surface area contributed by atoms with Crippen LogP contribution in [-0.4, -0.2) is 0 Å². The molecule has 0 bridgehead atoms. The Kier molecular flexibility index (Phi) is 7.18. The molecule has 5 rings (SSSR count). The second kappa shape index (κ2) is 10.3. The lowest BCUT2D eigenvalue weighted by molar-refractivity contribution is 0.582. The van der Waals surface area contributed by atoms with Crippen molar-refractivity contribution in [1.82, 2.24) is 0 Å². The van der Waals surface area contributed by atoms with Crippen LogP contribution in [0.3, 0.4) is 0 Å². The first kappa shape index (κ1) is 25.7. The van der Waals surface area contributed by atoms with Crippen molar-refractivity contribution >= 4 is 27.2 Å². The summed E-state index contributed by atoms with van der Waals surface area (Å²) in [6.07, 6.45) is 4.24. The lowest BCUT2D eigenvalue weighted by Gasteiger charge is -2.22. The van der Waals surface area contributed by atoms with E-state index in [0.717, 1.165) is 28.1 Å². The lowest BCUT2D eigenvalue weighted by Crippen LogP contribution is -2.12. The predicted octanol–water partition coefficient (Wildman–Crippen LogP) is 10.4. The molecule has 0 radical (unpaired) electrons. The highest BCUT2D eigenvalue weighted by atomic mass is 14.9. The van der Waals surface area contributed by atoms with Crippen LogP contribution in [0.15, 0.2) is 152 Å². The molecule has 0 spiro atoms. The smallest absolute Gasteiger partial charge is 0.0384 e. The van der Waals surface area contributed by atoms with E-state index < -0.39 is 0 Å². The molecular formula is C36H35N. The number of hydrogen-bond acceptors (Lipinski definition) is 1. The Bertz CT molecular complexity index is 1590. The quantitative estimate of drug-likeness (QED) is 0.226. The molecule has 1 aliphatic rings. The van der Waals surface area contributed by atoms with Gasteiger partial charge in [0.1, 0.15) is 0 Å². The van der Waals surface area contributed by atoms with Crippen LogP contribution in [0.5, 0.6) is 0 Å². The van der Waals surface area contributed by atoms with Crippen LogP contribution >= 0.6 is 0 Å². The van der Waals surface area contributed by atoms with E-state index in [4.69, 9.17) is 0 Å². The summed E-state index contributed by atoms with van der Waals surface area (Å²) in [5.74, 6) is 0. The molecule has 0 unspecified atom stereocenters. The highest BCUT2D eigenvalue weighted by molar-refractivity contribution is 6.08. The first-order valence-electron chi connectivity index (χ1n) is 12.6. The Labute approximate surface area is 221 Å². The molecular weight excluding hydrogens is 446 g/mol. The number of fused-ring (bicyclic) bond motifs is 3. The summed E-state index contributed by atoms with van der Waals surface area (Å²) in [6, 6.07) is 28.2. The fourth-order valence-electron chi connectivity index (χ4n) is 5.35. The number of hydrogen-bond donors (Lipinski definition) is 1. The molecule has 0 aliphatic heterocycles. The van der Waals surface area contributed by atoms with E-state index in [2.05, 4.69) is 150 Å². The first-order chi connectivity index (χ1) is 17.8. The zero-order chi connectivity index (χ0) is 26.7. The largest absolute Gasteiger partial charge is 0.356 e.